The highest BCUT2D eigenvalue weighted by Crippen LogP contribution is 2.33. The zero-order valence-electron chi connectivity index (χ0n) is 16.9. The molecule has 1 amide bonds. The van der Waals surface area contributed by atoms with Gasteiger partial charge in [-0.05, 0) is 25.3 Å². The summed E-state index contributed by atoms with van der Waals surface area (Å²) in [6.45, 7) is 4.08. The van der Waals surface area contributed by atoms with Gasteiger partial charge in [0.05, 0.1) is 23.6 Å². The molecule has 2 aliphatic heterocycles. The molecule has 0 radical (unpaired) electrons. The molecule has 2 aromatic heterocycles. The molecule has 0 atom stereocenters. The highest BCUT2D eigenvalue weighted by atomic mass is 32.2. The van der Waals surface area contributed by atoms with Crippen LogP contribution in [0.2, 0.25) is 0 Å². The normalized spacial score (nSPS) is 19.5. The van der Waals surface area contributed by atoms with Crippen LogP contribution in [0.1, 0.15) is 5.56 Å². The maximum absolute atomic E-state index is 13.3. The largest absolute Gasteiger partial charge is 0.383 e. The SMILES string of the molecule is COCCN1C(=O)C(=Cc2c(N3CCN(C)CC3)nc3ccccn3c2=O)SC1=S. The van der Waals surface area contributed by atoms with Crippen LogP contribution in [-0.4, -0.2) is 82.9 Å². The van der Waals surface area contributed by atoms with Crippen molar-refractivity contribution in [2.75, 3.05) is 58.4 Å². The molecule has 8 nitrogen and oxygen atoms in total. The van der Waals surface area contributed by atoms with E-state index in [1.807, 2.05) is 12.1 Å². The molecule has 0 spiro atoms. The van der Waals surface area contributed by atoms with E-state index in [-0.39, 0.29) is 11.5 Å². The first-order valence-corrected chi connectivity index (χ1v) is 10.9. The number of hydrogen-bond acceptors (Lipinski definition) is 8. The molecule has 4 heterocycles. The number of carbonyl (C=O) groups excluding carboxylic acids is 1. The summed E-state index contributed by atoms with van der Waals surface area (Å²) < 4.78 is 7.05. The molecule has 158 valence electrons. The number of pyridine rings is 1. The van der Waals surface area contributed by atoms with E-state index < -0.39 is 0 Å². The fourth-order valence-electron chi connectivity index (χ4n) is 3.48. The Morgan fingerprint density at radius 3 is 2.73 bits per heavy atom. The number of likely N-dealkylation sites (N-methyl/N-ethyl adjacent to an activating group) is 1. The number of ether oxygens (including phenoxy) is 1. The molecule has 4 rings (SSSR count). The molecule has 2 fully saturated rings. The molecular weight excluding hydrogens is 422 g/mol. The van der Waals surface area contributed by atoms with E-state index in [9.17, 15) is 9.59 Å². The zero-order chi connectivity index (χ0) is 21.3. The Balaban J connectivity index is 1.79. The lowest BCUT2D eigenvalue weighted by molar-refractivity contribution is -0.122. The first kappa shape index (κ1) is 21.0. The molecule has 0 aromatic carbocycles. The molecule has 10 heteroatoms. The van der Waals surface area contributed by atoms with Crippen molar-refractivity contribution in [2.24, 2.45) is 0 Å². The van der Waals surface area contributed by atoms with Gasteiger partial charge in [-0.15, -0.1) is 0 Å². The third-order valence-electron chi connectivity index (χ3n) is 5.22. The predicted molar refractivity (Wildman–Crippen MR) is 123 cm³/mol. The average molecular weight is 446 g/mol. The Kier molecular flexibility index (Phi) is 6.19. The zero-order valence-corrected chi connectivity index (χ0v) is 18.5. The molecule has 30 heavy (non-hydrogen) atoms. The Bertz CT molecular complexity index is 1080. The Hall–Kier alpha value is -2.27. The van der Waals surface area contributed by atoms with Crippen LogP contribution in [0, 0.1) is 0 Å². The highest BCUT2D eigenvalue weighted by Gasteiger charge is 2.32. The van der Waals surface area contributed by atoms with Crippen molar-refractivity contribution in [3.8, 4) is 0 Å². The average Bonchev–Trinajstić information content (AvgIpc) is 3.01. The number of thiocarbonyl (C=S) groups is 1. The third-order valence-corrected chi connectivity index (χ3v) is 6.60. The minimum absolute atomic E-state index is 0.198. The number of nitrogens with zero attached hydrogens (tertiary/aromatic N) is 5. The van der Waals surface area contributed by atoms with Gasteiger partial charge in [0.1, 0.15) is 15.8 Å². The van der Waals surface area contributed by atoms with Crippen molar-refractivity contribution in [1.82, 2.24) is 19.2 Å². The van der Waals surface area contributed by atoms with Crippen molar-refractivity contribution in [3.05, 3.63) is 45.2 Å². The van der Waals surface area contributed by atoms with E-state index >= 15 is 0 Å². The summed E-state index contributed by atoms with van der Waals surface area (Å²) in [4.78, 5) is 37.3. The molecule has 0 bridgehead atoms. The Morgan fingerprint density at radius 2 is 2.00 bits per heavy atom. The standard InChI is InChI=1S/C20H23N5O3S2/c1-22-7-9-23(10-8-22)17-14(18(26)24-6-4-3-5-16(24)21-17)13-15-19(27)25(11-12-28-2)20(29)30-15/h3-6,13H,7-12H2,1-2H3. The molecule has 0 saturated carbocycles. The van der Waals surface area contributed by atoms with E-state index in [0.717, 1.165) is 26.2 Å². The van der Waals surface area contributed by atoms with Crippen molar-refractivity contribution in [2.45, 2.75) is 0 Å². The minimum Gasteiger partial charge on any atom is -0.383 e. The van der Waals surface area contributed by atoms with Crippen LogP contribution < -0.4 is 10.5 Å². The smallest absolute Gasteiger partial charge is 0.267 e. The lowest BCUT2D eigenvalue weighted by atomic mass is 10.2. The topological polar surface area (TPSA) is 70.4 Å². The maximum atomic E-state index is 13.3. The Morgan fingerprint density at radius 1 is 1.23 bits per heavy atom. The van der Waals surface area contributed by atoms with Crippen LogP contribution in [0.5, 0.6) is 0 Å². The van der Waals surface area contributed by atoms with Gasteiger partial charge in [0.15, 0.2) is 0 Å². The second-order valence-corrected chi connectivity index (χ2v) is 8.88. The summed E-state index contributed by atoms with van der Waals surface area (Å²) >= 11 is 6.57. The van der Waals surface area contributed by atoms with Crippen LogP contribution in [0.4, 0.5) is 5.82 Å². The van der Waals surface area contributed by atoms with E-state index in [4.69, 9.17) is 21.9 Å². The van der Waals surface area contributed by atoms with E-state index in [0.29, 0.717) is 39.4 Å². The summed E-state index contributed by atoms with van der Waals surface area (Å²) in [6.07, 6.45) is 3.34. The van der Waals surface area contributed by atoms with Crippen LogP contribution >= 0.6 is 24.0 Å². The second kappa shape index (κ2) is 8.84. The number of thioether (sulfide) groups is 1. The number of rotatable bonds is 5. The monoisotopic (exact) mass is 445 g/mol. The summed E-state index contributed by atoms with van der Waals surface area (Å²) in [5.41, 5.74) is 0.799. The molecule has 2 aromatic rings. The van der Waals surface area contributed by atoms with Gasteiger partial charge in [-0.25, -0.2) is 4.98 Å². The fourth-order valence-corrected chi connectivity index (χ4v) is 4.77. The molecule has 0 aliphatic carbocycles. The van der Waals surface area contributed by atoms with Crippen molar-refractivity contribution >= 4 is 51.7 Å². The summed E-state index contributed by atoms with van der Waals surface area (Å²) in [6, 6.07) is 5.46. The van der Waals surface area contributed by atoms with Gasteiger partial charge in [-0.1, -0.05) is 30.0 Å². The van der Waals surface area contributed by atoms with Crippen LogP contribution in [-0.2, 0) is 9.53 Å². The molecule has 2 saturated heterocycles. The predicted octanol–water partition coefficient (Wildman–Crippen LogP) is 1.29. The van der Waals surface area contributed by atoms with Crippen molar-refractivity contribution in [1.29, 1.82) is 0 Å². The van der Waals surface area contributed by atoms with Gasteiger partial charge in [0.25, 0.3) is 11.5 Å². The van der Waals surface area contributed by atoms with Crippen LogP contribution in [0.3, 0.4) is 0 Å². The second-order valence-electron chi connectivity index (χ2n) is 7.20. The van der Waals surface area contributed by atoms with Gasteiger partial charge in [0.2, 0.25) is 0 Å². The van der Waals surface area contributed by atoms with Gasteiger partial charge in [-0.3, -0.25) is 18.9 Å². The number of anilines is 1. The molecule has 0 N–H and O–H groups in total. The number of piperazine rings is 1. The van der Waals surface area contributed by atoms with Crippen LogP contribution in [0.15, 0.2) is 34.1 Å². The number of methoxy groups -OCH3 is 1. The van der Waals surface area contributed by atoms with Gasteiger partial charge >= 0.3 is 0 Å². The number of hydrogen-bond donors (Lipinski definition) is 0. The van der Waals surface area contributed by atoms with Crippen molar-refractivity contribution < 1.29 is 9.53 Å². The first-order chi connectivity index (χ1) is 14.5. The summed E-state index contributed by atoms with van der Waals surface area (Å²) in [5.74, 6) is 0.408. The van der Waals surface area contributed by atoms with Crippen molar-refractivity contribution in [3.63, 3.8) is 0 Å². The van der Waals surface area contributed by atoms with E-state index in [1.165, 1.54) is 21.1 Å². The third kappa shape index (κ3) is 4.00. The number of amides is 1. The molecule has 0 unspecified atom stereocenters. The van der Waals surface area contributed by atoms with E-state index in [1.54, 1.807) is 25.4 Å². The summed E-state index contributed by atoms with van der Waals surface area (Å²) in [5, 5.41) is 0. The lowest BCUT2D eigenvalue weighted by Crippen LogP contribution is -2.45. The molecular formula is C20H23N5O3S2. The minimum atomic E-state index is -0.205. The van der Waals surface area contributed by atoms with Gasteiger partial charge in [-0.2, -0.15) is 0 Å². The number of aromatic nitrogens is 2. The molecule has 2 aliphatic rings. The number of carbonyl (C=O) groups is 1. The quantitative estimate of drug-likeness (QED) is 0.504. The van der Waals surface area contributed by atoms with E-state index in [2.05, 4.69) is 16.8 Å². The van der Waals surface area contributed by atoms with Crippen LogP contribution in [0.25, 0.3) is 11.7 Å². The summed E-state index contributed by atoms with van der Waals surface area (Å²) in [7, 11) is 3.66. The fraction of sp³-hybridized carbons (Fsp3) is 0.400. The van der Waals surface area contributed by atoms with Gasteiger partial charge in [0, 0.05) is 39.5 Å². The highest BCUT2D eigenvalue weighted by molar-refractivity contribution is 8.26. The van der Waals surface area contributed by atoms with Gasteiger partial charge < -0.3 is 14.5 Å². The first-order valence-electron chi connectivity index (χ1n) is 9.69. The maximum Gasteiger partial charge on any atom is 0.267 e. The number of fused-ring (bicyclic) bond motifs is 1. The lowest BCUT2D eigenvalue weighted by Gasteiger charge is -2.34. The Labute approximate surface area is 184 Å².